The summed E-state index contributed by atoms with van der Waals surface area (Å²) < 4.78 is 0. The summed E-state index contributed by atoms with van der Waals surface area (Å²) in [6, 6.07) is 0. The summed E-state index contributed by atoms with van der Waals surface area (Å²) in [7, 11) is 0. The Balaban J connectivity index is 0. The van der Waals surface area contributed by atoms with E-state index in [1.165, 1.54) is 148 Å². The van der Waals surface area contributed by atoms with Gasteiger partial charge in [-0.2, -0.15) is 0 Å². The van der Waals surface area contributed by atoms with E-state index in [1.807, 2.05) is 0 Å². The first-order valence-corrected chi connectivity index (χ1v) is 14.3. The second kappa shape index (κ2) is 24.9. The fourth-order valence-electron chi connectivity index (χ4n) is 4.67. The molecule has 0 amide bonds. The lowest BCUT2D eigenvalue weighted by molar-refractivity contribution is 0.120. The summed E-state index contributed by atoms with van der Waals surface area (Å²) in [6.07, 6.45) is 30.5. The van der Waals surface area contributed by atoms with Crippen molar-refractivity contribution in [3.8, 4) is 0 Å². The molecule has 31 heavy (non-hydrogen) atoms. The summed E-state index contributed by atoms with van der Waals surface area (Å²) in [6.45, 7) is 14.2. The van der Waals surface area contributed by atoms with Gasteiger partial charge in [0.25, 0.3) is 0 Å². The fourth-order valence-corrected chi connectivity index (χ4v) is 4.67. The highest BCUT2D eigenvalue weighted by molar-refractivity contribution is 5.85. The molecular weight excluding hydrogens is 398 g/mol. The van der Waals surface area contributed by atoms with Crippen LogP contribution in [0.15, 0.2) is 0 Å². The van der Waals surface area contributed by atoms with Gasteiger partial charge in [0, 0.05) is 5.54 Å². The van der Waals surface area contributed by atoms with Crippen molar-refractivity contribution in [2.45, 2.75) is 175 Å². The molecule has 0 spiro atoms. The molecule has 190 valence electrons. The van der Waals surface area contributed by atoms with Crippen LogP contribution in [0.2, 0.25) is 0 Å². The SMILES string of the molecule is CCCCCCCCCCCCCCCCCCCCCCN(CC)C(C)(C)CC.Cl. The van der Waals surface area contributed by atoms with E-state index in [0.717, 1.165) is 0 Å². The van der Waals surface area contributed by atoms with E-state index in [2.05, 4.69) is 39.5 Å². The molecule has 0 aromatic heterocycles. The summed E-state index contributed by atoms with van der Waals surface area (Å²) in [5.41, 5.74) is 0.378. The van der Waals surface area contributed by atoms with Crippen LogP contribution in [0.1, 0.15) is 169 Å². The average Bonchev–Trinajstić information content (AvgIpc) is 2.74. The quantitative estimate of drug-likeness (QED) is 0.130. The molecule has 0 saturated heterocycles. The minimum Gasteiger partial charge on any atom is -0.298 e. The van der Waals surface area contributed by atoms with Gasteiger partial charge in [0.15, 0.2) is 0 Å². The second-order valence-corrected chi connectivity index (χ2v) is 10.5. The predicted molar refractivity (Wildman–Crippen MR) is 147 cm³/mol. The molecular formula is C29H62ClN. The fraction of sp³-hybridized carbons (Fsp3) is 1.00. The Labute approximate surface area is 205 Å². The van der Waals surface area contributed by atoms with Crippen molar-refractivity contribution in [3.63, 3.8) is 0 Å². The van der Waals surface area contributed by atoms with E-state index in [4.69, 9.17) is 0 Å². The molecule has 0 atom stereocenters. The maximum atomic E-state index is 2.67. The first kappa shape index (κ1) is 33.4. The van der Waals surface area contributed by atoms with E-state index in [9.17, 15) is 0 Å². The third-order valence-electron chi connectivity index (χ3n) is 7.38. The van der Waals surface area contributed by atoms with Crippen LogP contribution in [-0.2, 0) is 0 Å². The van der Waals surface area contributed by atoms with E-state index in [0.29, 0.717) is 5.54 Å². The van der Waals surface area contributed by atoms with Crippen molar-refractivity contribution < 1.29 is 0 Å². The Morgan fingerprint density at radius 3 is 1.00 bits per heavy atom. The number of hydrogen-bond acceptors (Lipinski definition) is 1. The van der Waals surface area contributed by atoms with E-state index < -0.39 is 0 Å². The molecule has 0 aliphatic carbocycles. The Morgan fingerprint density at radius 1 is 0.452 bits per heavy atom. The van der Waals surface area contributed by atoms with Crippen LogP contribution in [0.5, 0.6) is 0 Å². The molecule has 0 bridgehead atoms. The minimum atomic E-state index is 0. The highest BCUT2D eigenvalue weighted by atomic mass is 35.5. The molecule has 0 unspecified atom stereocenters. The summed E-state index contributed by atoms with van der Waals surface area (Å²) >= 11 is 0. The van der Waals surface area contributed by atoms with Gasteiger partial charge < -0.3 is 0 Å². The molecule has 2 heteroatoms. The van der Waals surface area contributed by atoms with E-state index in [-0.39, 0.29) is 12.4 Å². The number of unbranched alkanes of at least 4 members (excludes halogenated alkanes) is 19. The maximum Gasteiger partial charge on any atom is 0.0150 e. The van der Waals surface area contributed by atoms with Gasteiger partial charge in [-0.3, -0.25) is 4.90 Å². The molecule has 0 aromatic carbocycles. The summed E-state index contributed by atoms with van der Waals surface area (Å²) in [5, 5.41) is 0. The lowest BCUT2D eigenvalue weighted by Gasteiger charge is -2.37. The lowest BCUT2D eigenvalue weighted by atomic mass is 9.98. The molecule has 0 heterocycles. The van der Waals surface area contributed by atoms with E-state index in [1.54, 1.807) is 0 Å². The van der Waals surface area contributed by atoms with Crippen molar-refractivity contribution in [3.05, 3.63) is 0 Å². The van der Waals surface area contributed by atoms with Crippen LogP contribution in [0.25, 0.3) is 0 Å². The van der Waals surface area contributed by atoms with Gasteiger partial charge in [0.05, 0.1) is 0 Å². The summed E-state index contributed by atoms with van der Waals surface area (Å²) in [4.78, 5) is 2.67. The van der Waals surface area contributed by atoms with Crippen molar-refractivity contribution >= 4 is 12.4 Å². The zero-order valence-electron chi connectivity index (χ0n) is 22.6. The van der Waals surface area contributed by atoms with Crippen molar-refractivity contribution in [1.29, 1.82) is 0 Å². The molecule has 0 rings (SSSR count). The Bertz CT molecular complexity index is 329. The summed E-state index contributed by atoms with van der Waals surface area (Å²) in [5.74, 6) is 0. The van der Waals surface area contributed by atoms with Crippen LogP contribution >= 0.6 is 12.4 Å². The Morgan fingerprint density at radius 2 is 0.742 bits per heavy atom. The first-order chi connectivity index (χ1) is 14.6. The number of hydrogen-bond donors (Lipinski definition) is 0. The molecule has 0 saturated carbocycles. The zero-order chi connectivity index (χ0) is 22.3. The number of nitrogens with zero attached hydrogens (tertiary/aromatic N) is 1. The highest BCUT2D eigenvalue weighted by Crippen LogP contribution is 2.19. The highest BCUT2D eigenvalue weighted by Gasteiger charge is 2.22. The predicted octanol–water partition coefficient (Wildman–Crippen LogP) is 10.7. The van der Waals surface area contributed by atoms with Gasteiger partial charge in [-0.1, -0.05) is 143 Å². The Kier molecular flexibility index (Phi) is 26.8. The third kappa shape index (κ3) is 21.8. The topological polar surface area (TPSA) is 3.24 Å². The van der Waals surface area contributed by atoms with E-state index >= 15 is 0 Å². The van der Waals surface area contributed by atoms with Crippen LogP contribution in [0, 0.1) is 0 Å². The van der Waals surface area contributed by atoms with Gasteiger partial charge in [-0.15, -0.1) is 12.4 Å². The monoisotopic (exact) mass is 459 g/mol. The van der Waals surface area contributed by atoms with Gasteiger partial charge in [0.2, 0.25) is 0 Å². The third-order valence-corrected chi connectivity index (χ3v) is 7.38. The first-order valence-electron chi connectivity index (χ1n) is 14.3. The van der Waals surface area contributed by atoms with Crippen molar-refractivity contribution in [2.24, 2.45) is 0 Å². The van der Waals surface area contributed by atoms with Gasteiger partial charge in [-0.25, -0.2) is 0 Å². The van der Waals surface area contributed by atoms with Gasteiger partial charge in [0.1, 0.15) is 0 Å². The number of halogens is 1. The second-order valence-electron chi connectivity index (χ2n) is 10.5. The lowest BCUT2D eigenvalue weighted by Crippen LogP contribution is -2.43. The largest absolute Gasteiger partial charge is 0.298 e. The molecule has 0 aliphatic heterocycles. The maximum absolute atomic E-state index is 2.67. The minimum absolute atomic E-state index is 0. The smallest absolute Gasteiger partial charge is 0.0150 e. The molecule has 0 aromatic rings. The molecule has 0 fully saturated rings. The molecule has 0 radical (unpaired) electrons. The van der Waals surface area contributed by atoms with Gasteiger partial charge in [-0.05, 0) is 39.8 Å². The van der Waals surface area contributed by atoms with Crippen LogP contribution in [0.3, 0.4) is 0 Å². The van der Waals surface area contributed by atoms with Crippen molar-refractivity contribution in [1.82, 2.24) is 4.90 Å². The van der Waals surface area contributed by atoms with Gasteiger partial charge >= 0.3 is 0 Å². The van der Waals surface area contributed by atoms with Crippen LogP contribution in [-0.4, -0.2) is 23.5 Å². The van der Waals surface area contributed by atoms with Crippen molar-refractivity contribution in [2.75, 3.05) is 13.1 Å². The van der Waals surface area contributed by atoms with Crippen LogP contribution < -0.4 is 0 Å². The number of rotatable bonds is 24. The molecule has 1 nitrogen and oxygen atoms in total. The van der Waals surface area contributed by atoms with Crippen LogP contribution in [0.4, 0.5) is 0 Å². The Hall–Kier alpha value is 0.250. The zero-order valence-corrected chi connectivity index (χ0v) is 23.4. The normalized spacial score (nSPS) is 11.8. The molecule has 0 N–H and O–H groups in total. The standard InChI is InChI=1S/C29H61N.ClH/c1-6-9-10-11-12-13-14-15-16-17-18-19-20-21-22-23-24-25-26-27-28-30(8-3)29(4,5)7-2;/h6-28H2,1-5H3;1H. The average molecular weight is 460 g/mol. The molecule has 0 aliphatic rings.